The molecule has 1 aliphatic heterocycles. The van der Waals surface area contributed by atoms with Crippen LogP contribution in [0.2, 0.25) is 0 Å². The molecule has 1 saturated carbocycles. The van der Waals surface area contributed by atoms with Gasteiger partial charge in [-0.2, -0.15) is 23.3 Å². The van der Waals surface area contributed by atoms with E-state index in [0.29, 0.717) is 0 Å². The molecule has 0 bridgehead atoms. The number of hydrogen-bond donors (Lipinski definition) is 1. The van der Waals surface area contributed by atoms with E-state index in [4.69, 9.17) is 4.42 Å². The molecule has 0 aromatic carbocycles. The van der Waals surface area contributed by atoms with Crippen molar-refractivity contribution in [1.82, 2.24) is 5.01 Å². The summed E-state index contributed by atoms with van der Waals surface area (Å²) in [5, 5.41) is 14.2. The zero-order chi connectivity index (χ0) is 16.7. The minimum absolute atomic E-state index is 0.118. The Morgan fingerprint density at radius 2 is 2.04 bits per heavy atom. The lowest BCUT2D eigenvalue weighted by Gasteiger charge is -2.32. The third kappa shape index (κ3) is 2.75. The molecule has 1 aromatic rings. The number of aliphatic hydroxyl groups is 1. The maximum atomic E-state index is 13.4. The quantitative estimate of drug-likeness (QED) is 0.905. The summed E-state index contributed by atoms with van der Waals surface area (Å²) in [5.41, 5.74) is -3.08. The summed E-state index contributed by atoms with van der Waals surface area (Å²) in [6.07, 6.45) is -0.182. The fraction of sp³-hybridized carbons (Fsp3) is 0.600. The van der Waals surface area contributed by atoms with Crippen LogP contribution in [0.4, 0.5) is 13.2 Å². The molecule has 1 aromatic heterocycles. The van der Waals surface area contributed by atoms with Gasteiger partial charge in [0.2, 0.25) is 0 Å². The van der Waals surface area contributed by atoms with E-state index in [1.165, 1.54) is 18.4 Å². The number of rotatable bonds is 2. The van der Waals surface area contributed by atoms with Crippen molar-refractivity contribution in [1.29, 1.82) is 0 Å². The fourth-order valence-corrected chi connectivity index (χ4v) is 3.17. The third-order valence-electron chi connectivity index (χ3n) is 4.46. The van der Waals surface area contributed by atoms with Gasteiger partial charge in [-0.25, -0.2) is 0 Å². The van der Waals surface area contributed by atoms with Gasteiger partial charge in [-0.1, -0.05) is 19.3 Å². The predicted molar refractivity (Wildman–Crippen MR) is 74.5 cm³/mol. The van der Waals surface area contributed by atoms with Gasteiger partial charge >= 0.3 is 12.1 Å². The van der Waals surface area contributed by atoms with Gasteiger partial charge in [-0.3, -0.25) is 4.79 Å². The second kappa shape index (κ2) is 5.67. The topological polar surface area (TPSA) is 66.0 Å². The summed E-state index contributed by atoms with van der Waals surface area (Å²) < 4.78 is 45.0. The van der Waals surface area contributed by atoms with E-state index >= 15 is 0 Å². The molecule has 1 fully saturated rings. The zero-order valence-corrected chi connectivity index (χ0v) is 12.3. The fourth-order valence-electron chi connectivity index (χ4n) is 3.17. The summed E-state index contributed by atoms with van der Waals surface area (Å²) in [6.45, 7) is 0. The highest BCUT2D eigenvalue weighted by molar-refractivity contribution is 5.97. The molecule has 1 aliphatic carbocycles. The van der Waals surface area contributed by atoms with Crippen molar-refractivity contribution in [2.75, 3.05) is 0 Å². The Hall–Kier alpha value is -1.83. The van der Waals surface area contributed by atoms with E-state index < -0.39 is 24.2 Å². The van der Waals surface area contributed by atoms with Crippen LogP contribution in [0.15, 0.2) is 27.9 Å². The normalized spacial score (nSPS) is 26.4. The average molecular weight is 330 g/mol. The predicted octanol–water partition coefficient (Wildman–Crippen LogP) is 3.31. The molecular weight excluding hydrogens is 313 g/mol. The Labute approximate surface area is 130 Å². The number of amides is 1. The van der Waals surface area contributed by atoms with Crippen LogP contribution in [0.5, 0.6) is 0 Å². The van der Waals surface area contributed by atoms with Gasteiger partial charge in [-0.15, -0.1) is 0 Å². The first-order valence-corrected chi connectivity index (χ1v) is 7.57. The molecule has 2 aliphatic rings. The first kappa shape index (κ1) is 16.0. The second-order valence-corrected chi connectivity index (χ2v) is 6.01. The van der Waals surface area contributed by atoms with Gasteiger partial charge in [0.1, 0.15) is 0 Å². The third-order valence-corrected chi connectivity index (χ3v) is 4.46. The largest absolute Gasteiger partial charge is 0.459 e. The van der Waals surface area contributed by atoms with Crippen LogP contribution in [0.3, 0.4) is 0 Å². The molecule has 2 heterocycles. The van der Waals surface area contributed by atoms with E-state index in [2.05, 4.69) is 5.10 Å². The monoisotopic (exact) mass is 330 g/mol. The van der Waals surface area contributed by atoms with Crippen molar-refractivity contribution >= 4 is 11.6 Å². The lowest BCUT2D eigenvalue weighted by Crippen LogP contribution is -2.56. The molecule has 8 heteroatoms. The van der Waals surface area contributed by atoms with Crippen LogP contribution in [0, 0.1) is 5.92 Å². The van der Waals surface area contributed by atoms with Crippen LogP contribution in [0.25, 0.3) is 0 Å². The molecule has 1 atom stereocenters. The summed E-state index contributed by atoms with van der Waals surface area (Å²) >= 11 is 0. The van der Waals surface area contributed by atoms with Crippen molar-refractivity contribution in [2.45, 2.75) is 50.4 Å². The number of alkyl halides is 3. The van der Waals surface area contributed by atoms with Gasteiger partial charge in [0.25, 0.3) is 5.72 Å². The van der Waals surface area contributed by atoms with Crippen molar-refractivity contribution in [3.8, 4) is 0 Å². The second-order valence-electron chi connectivity index (χ2n) is 6.01. The van der Waals surface area contributed by atoms with Crippen LogP contribution >= 0.6 is 0 Å². The maximum Gasteiger partial charge on any atom is 0.438 e. The molecule has 126 valence electrons. The average Bonchev–Trinajstić information content (AvgIpc) is 3.15. The number of hydrazone groups is 1. The van der Waals surface area contributed by atoms with E-state index in [1.807, 2.05) is 0 Å². The zero-order valence-electron chi connectivity index (χ0n) is 12.3. The number of halogens is 3. The van der Waals surface area contributed by atoms with Gasteiger partial charge in [-0.05, 0) is 30.9 Å². The molecule has 0 saturated heterocycles. The Morgan fingerprint density at radius 1 is 1.35 bits per heavy atom. The van der Waals surface area contributed by atoms with Gasteiger partial charge in [0.05, 0.1) is 6.26 Å². The summed E-state index contributed by atoms with van der Waals surface area (Å²) in [5.74, 6) is -1.51. The molecule has 5 nitrogen and oxygen atoms in total. The highest BCUT2D eigenvalue weighted by atomic mass is 19.4. The van der Waals surface area contributed by atoms with Crippen LogP contribution in [0.1, 0.15) is 49.1 Å². The van der Waals surface area contributed by atoms with Crippen molar-refractivity contribution < 1.29 is 27.5 Å². The molecule has 0 spiro atoms. The van der Waals surface area contributed by atoms with Crippen LogP contribution in [-0.2, 0) is 0 Å². The summed E-state index contributed by atoms with van der Waals surface area (Å²) in [6, 6.07) is 2.63. The van der Waals surface area contributed by atoms with Gasteiger partial charge < -0.3 is 9.52 Å². The Bertz CT molecular complexity index is 606. The van der Waals surface area contributed by atoms with E-state index in [1.54, 1.807) is 0 Å². The highest BCUT2D eigenvalue weighted by Crippen LogP contribution is 2.43. The lowest BCUT2D eigenvalue weighted by atomic mass is 9.83. The Kier molecular flexibility index (Phi) is 3.95. The molecule has 1 N–H and O–H groups in total. The van der Waals surface area contributed by atoms with Gasteiger partial charge in [0, 0.05) is 12.1 Å². The summed E-state index contributed by atoms with van der Waals surface area (Å²) in [4.78, 5) is 12.3. The van der Waals surface area contributed by atoms with Crippen molar-refractivity contribution in [2.24, 2.45) is 11.0 Å². The first-order chi connectivity index (χ1) is 10.8. The molecule has 1 amide bonds. The van der Waals surface area contributed by atoms with Crippen molar-refractivity contribution in [3.63, 3.8) is 0 Å². The van der Waals surface area contributed by atoms with E-state index in [0.717, 1.165) is 32.1 Å². The number of furan rings is 1. The summed E-state index contributed by atoms with van der Waals surface area (Å²) in [7, 11) is 0. The molecular formula is C15H17F3N2O3. The number of nitrogens with zero attached hydrogens (tertiary/aromatic N) is 2. The minimum Gasteiger partial charge on any atom is -0.459 e. The van der Waals surface area contributed by atoms with Crippen LogP contribution in [-0.4, -0.2) is 33.6 Å². The van der Waals surface area contributed by atoms with Crippen molar-refractivity contribution in [3.05, 3.63) is 24.2 Å². The SMILES string of the molecule is O=C(c1ccco1)N1N=C(C2CCCCC2)C[C@@]1(O)C(F)(F)F. The van der Waals surface area contributed by atoms with Crippen LogP contribution < -0.4 is 0 Å². The van der Waals surface area contributed by atoms with E-state index in [-0.39, 0.29) is 22.4 Å². The number of carbonyl (C=O) groups is 1. The molecule has 0 unspecified atom stereocenters. The minimum atomic E-state index is -5.00. The smallest absolute Gasteiger partial charge is 0.438 e. The standard InChI is InChI=1S/C15H17F3N2O3/c16-15(17,18)14(22)9-11(10-5-2-1-3-6-10)19-20(14)13(21)12-7-4-8-23-12/h4,7-8,10,22H,1-3,5-6,9H2/t14-/m1/s1. The van der Waals surface area contributed by atoms with E-state index in [9.17, 15) is 23.1 Å². The Morgan fingerprint density at radius 3 is 2.61 bits per heavy atom. The molecule has 0 radical (unpaired) electrons. The molecule has 3 rings (SSSR count). The first-order valence-electron chi connectivity index (χ1n) is 7.57. The lowest BCUT2D eigenvalue weighted by molar-refractivity contribution is -0.297. The number of hydrogen-bond acceptors (Lipinski definition) is 4. The highest BCUT2D eigenvalue weighted by Gasteiger charge is 2.64. The maximum absolute atomic E-state index is 13.4. The Balaban J connectivity index is 1.93. The number of carbonyl (C=O) groups excluding carboxylic acids is 1. The van der Waals surface area contributed by atoms with Gasteiger partial charge in [0.15, 0.2) is 5.76 Å². The molecule has 23 heavy (non-hydrogen) atoms.